The van der Waals surface area contributed by atoms with Crippen molar-refractivity contribution < 1.29 is 14.0 Å². The zero-order chi connectivity index (χ0) is 32.4. The van der Waals surface area contributed by atoms with E-state index in [-0.39, 0.29) is 11.2 Å². The zero-order valence-corrected chi connectivity index (χ0v) is 26.8. The fourth-order valence-electron chi connectivity index (χ4n) is 5.95. The van der Waals surface area contributed by atoms with Gasteiger partial charge in [0.15, 0.2) is 5.82 Å². The molecule has 0 saturated heterocycles. The van der Waals surface area contributed by atoms with Crippen molar-refractivity contribution in [2.24, 2.45) is 0 Å². The fraction of sp³-hybridized carbons (Fsp3) is 0.351. The molecule has 0 bridgehead atoms. The van der Waals surface area contributed by atoms with Gasteiger partial charge in [-0.25, -0.2) is 9.78 Å². The third-order valence-corrected chi connectivity index (χ3v) is 8.18. The molecule has 0 aliphatic heterocycles. The average Bonchev–Trinajstić information content (AvgIpc) is 3.70. The second kappa shape index (κ2) is 15.5. The molecule has 2 aromatic carbocycles. The summed E-state index contributed by atoms with van der Waals surface area (Å²) < 4.78 is 18.2. The summed E-state index contributed by atoms with van der Waals surface area (Å²) in [4.78, 5) is 32.6. The minimum atomic E-state index is -0.583. The van der Waals surface area contributed by atoms with Crippen molar-refractivity contribution in [2.75, 3.05) is 13.7 Å². The highest BCUT2D eigenvalue weighted by Crippen LogP contribution is 2.35. The predicted octanol–water partition coefficient (Wildman–Crippen LogP) is 6.64. The maximum absolute atomic E-state index is 14.2. The van der Waals surface area contributed by atoms with Crippen LogP contribution >= 0.6 is 0 Å². The van der Waals surface area contributed by atoms with Crippen LogP contribution in [0.25, 0.3) is 17.8 Å². The molecule has 9 heteroatoms. The van der Waals surface area contributed by atoms with E-state index in [0.29, 0.717) is 25.3 Å². The van der Waals surface area contributed by atoms with E-state index in [1.165, 1.54) is 0 Å². The first-order chi connectivity index (χ1) is 22.4. The molecule has 0 atom stereocenters. The molecular weight excluding hydrogens is 580 g/mol. The number of ether oxygens (including phenoxy) is 2. The summed E-state index contributed by atoms with van der Waals surface area (Å²) in [5, 5.41) is 3.58. The molecule has 9 nitrogen and oxygen atoms in total. The standard InChI is InChI=1S/C37H42N4O5/c1-4-12-32-31(25-28-17-15-27(16-18-28)13-8-6-7-9-14-33-39-36(43)46-40-33)35(42)41(34(5-2)38-32)29-19-21-30(22-20-29)45-37(26-44-3)23-10-11-24-37/h6-9,13-22H,4-5,10-12,23-26H2,1-3H3,(H,39,40,43). The number of aromatic nitrogens is 4. The molecule has 1 aliphatic rings. The number of hydrogen-bond donors (Lipinski definition) is 1. The zero-order valence-electron chi connectivity index (χ0n) is 26.8. The summed E-state index contributed by atoms with van der Waals surface area (Å²) in [6.45, 7) is 4.72. The van der Waals surface area contributed by atoms with Gasteiger partial charge in [0.25, 0.3) is 5.56 Å². The number of aryl methyl sites for hydroxylation is 2. The maximum Gasteiger partial charge on any atom is 0.439 e. The van der Waals surface area contributed by atoms with Crippen LogP contribution in [0.5, 0.6) is 5.75 Å². The SMILES string of the molecule is CCCc1nc(CC)n(-c2ccc(OC3(COC)CCCC3)cc2)c(=O)c1Cc1ccc(C=CC=CC=Cc2noc(=O)[nH]2)cc1. The van der Waals surface area contributed by atoms with Crippen LogP contribution in [0.2, 0.25) is 0 Å². The Balaban J connectivity index is 1.33. The molecule has 2 heterocycles. The van der Waals surface area contributed by atoms with E-state index in [2.05, 4.69) is 33.7 Å². The van der Waals surface area contributed by atoms with Crippen LogP contribution in [0.1, 0.15) is 80.0 Å². The molecule has 0 radical (unpaired) electrons. The Morgan fingerprint density at radius 2 is 1.67 bits per heavy atom. The van der Waals surface area contributed by atoms with Gasteiger partial charge in [-0.3, -0.25) is 18.9 Å². The Morgan fingerprint density at radius 1 is 0.957 bits per heavy atom. The number of hydrogen-bond acceptors (Lipinski definition) is 7. The summed E-state index contributed by atoms with van der Waals surface area (Å²) in [5.41, 5.74) is 4.18. The molecule has 1 fully saturated rings. The van der Waals surface area contributed by atoms with E-state index in [9.17, 15) is 9.59 Å². The van der Waals surface area contributed by atoms with Crippen LogP contribution in [-0.2, 0) is 24.0 Å². The van der Waals surface area contributed by atoms with Crippen molar-refractivity contribution in [3.63, 3.8) is 0 Å². The number of nitrogens with zero attached hydrogens (tertiary/aromatic N) is 3. The number of benzene rings is 2. The number of rotatable bonds is 14. The average molecular weight is 623 g/mol. The van der Waals surface area contributed by atoms with E-state index in [4.69, 9.17) is 14.5 Å². The van der Waals surface area contributed by atoms with E-state index >= 15 is 0 Å². The summed E-state index contributed by atoms with van der Waals surface area (Å²) in [6.07, 6.45) is 18.1. The minimum absolute atomic E-state index is 0.0209. The Bertz CT molecular complexity index is 1790. The van der Waals surface area contributed by atoms with Gasteiger partial charge >= 0.3 is 5.76 Å². The second-order valence-electron chi connectivity index (χ2n) is 11.6. The third kappa shape index (κ3) is 8.09. The molecule has 0 spiro atoms. The summed E-state index contributed by atoms with van der Waals surface area (Å²) in [7, 11) is 1.72. The van der Waals surface area contributed by atoms with E-state index in [1.54, 1.807) is 23.8 Å². The van der Waals surface area contributed by atoms with Crippen molar-refractivity contribution >= 4 is 12.2 Å². The van der Waals surface area contributed by atoms with Crippen LogP contribution in [0.15, 0.2) is 86.9 Å². The Kier molecular flexibility index (Phi) is 11.0. The highest BCUT2D eigenvalue weighted by atomic mass is 16.5. The van der Waals surface area contributed by atoms with E-state index in [1.807, 2.05) is 67.6 Å². The number of aromatic amines is 1. The second-order valence-corrected chi connectivity index (χ2v) is 11.6. The molecule has 1 N–H and O–H groups in total. The molecule has 5 rings (SSSR count). The van der Waals surface area contributed by atoms with Crippen molar-refractivity contribution in [3.05, 3.63) is 128 Å². The molecular formula is C37H42N4O5. The fourth-order valence-corrected chi connectivity index (χ4v) is 5.95. The molecule has 2 aromatic heterocycles. The molecule has 1 aliphatic carbocycles. The smallest absolute Gasteiger partial charge is 0.439 e. The highest BCUT2D eigenvalue weighted by Gasteiger charge is 2.36. The molecule has 1 saturated carbocycles. The van der Waals surface area contributed by atoms with Gasteiger partial charge in [-0.05, 0) is 73.6 Å². The van der Waals surface area contributed by atoms with Crippen LogP contribution in [0, 0.1) is 0 Å². The topological polar surface area (TPSA) is 112 Å². The minimum Gasteiger partial charge on any atom is -0.485 e. The van der Waals surface area contributed by atoms with Crippen LogP contribution in [0.3, 0.4) is 0 Å². The van der Waals surface area contributed by atoms with Crippen LogP contribution in [0.4, 0.5) is 0 Å². The van der Waals surface area contributed by atoms with Crippen LogP contribution in [-0.4, -0.2) is 39.0 Å². The summed E-state index contributed by atoms with van der Waals surface area (Å²) >= 11 is 0. The summed E-state index contributed by atoms with van der Waals surface area (Å²) in [6, 6.07) is 16.0. The quantitative estimate of drug-likeness (QED) is 0.157. The number of methoxy groups -OCH3 is 1. The van der Waals surface area contributed by atoms with Gasteiger partial charge < -0.3 is 9.47 Å². The first-order valence-corrected chi connectivity index (χ1v) is 16.0. The van der Waals surface area contributed by atoms with E-state index in [0.717, 1.165) is 78.2 Å². The number of nitrogens with one attached hydrogen (secondary N) is 1. The molecule has 46 heavy (non-hydrogen) atoms. The highest BCUT2D eigenvalue weighted by molar-refractivity contribution is 5.52. The van der Waals surface area contributed by atoms with E-state index < -0.39 is 5.76 Å². The van der Waals surface area contributed by atoms with Gasteiger partial charge in [-0.1, -0.05) is 80.1 Å². The van der Waals surface area contributed by atoms with Crippen molar-refractivity contribution in [3.8, 4) is 11.4 Å². The van der Waals surface area contributed by atoms with Crippen LogP contribution < -0.4 is 16.1 Å². The van der Waals surface area contributed by atoms with Gasteiger partial charge in [-0.15, -0.1) is 0 Å². The predicted molar refractivity (Wildman–Crippen MR) is 180 cm³/mol. The third-order valence-electron chi connectivity index (χ3n) is 8.18. The largest absolute Gasteiger partial charge is 0.485 e. The molecule has 240 valence electrons. The lowest BCUT2D eigenvalue weighted by molar-refractivity contribution is -0.00467. The monoisotopic (exact) mass is 622 g/mol. The van der Waals surface area contributed by atoms with Gasteiger partial charge in [-0.2, -0.15) is 0 Å². The van der Waals surface area contributed by atoms with Gasteiger partial charge in [0.1, 0.15) is 17.2 Å². The Morgan fingerprint density at radius 3 is 2.30 bits per heavy atom. The molecule has 0 unspecified atom stereocenters. The normalized spacial score (nSPS) is 14.7. The Hall–Kier alpha value is -4.76. The first-order valence-electron chi connectivity index (χ1n) is 16.0. The lowest BCUT2D eigenvalue weighted by Crippen LogP contribution is -2.37. The first kappa shape index (κ1) is 32.6. The lowest BCUT2D eigenvalue weighted by atomic mass is 10.0. The van der Waals surface area contributed by atoms with Crippen molar-refractivity contribution in [1.29, 1.82) is 0 Å². The maximum atomic E-state index is 14.2. The molecule has 0 amide bonds. The van der Waals surface area contributed by atoms with Crippen molar-refractivity contribution in [1.82, 2.24) is 19.7 Å². The van der Waals surface area contributed by atoms with Gasteiger partial charge in [0.05, 0.1) is 18.0 Å². The number of H-pyrrole nitrogens is 1. The van der Waals surface area contributed by atoms with Gasteiger partial charge in [0, 0.05) is 25.5 Å². The van der Waals surface area contributed by atoms with Gasteiger partial charge in [0.2, 0.25) is 0 Å². The summed E-state index contributed by atoms with van der Waals surface area (Å²) in [5.74, 6) is 1.32. The van der Waals surface area contributed by atoms with Crippen molar-refractivity contribution in [2.45, 2.75) is 70.8 Å². The Labute approximate surface area is 269 Å². The molecule has 4 aromatic rings. The number of allylic oxidation sites excluding steroid dienone is 4. The lowest BCUT2D eigenvalue weighted by Gasteiger charge is -2.29.